The summed E-state index contributed by atoms with van der Waals surface area (Å²) in [5, 5.41) is 13.5. The Morgan fingerprint density at radius 2 is 1.76 bits per heavy atom. The molecule has 176 valence electrons. The second-order valence-electron chi connectivity index (χ2n) is 8.93. The van der Waals surface area contributed by atoms with Crippen LogP contribution in [0.2, 0.25) is 10.0 Å². The molecule has 0 aromatic heterocycles. The van der Waals surface area contributed by atoms with Crippen molar-refractivity contribution in [1.29, 1.82) is 0 Å². The van der Waals surface area contributed by atoms with Crippen LogP contribution >= 0.6 is 23.2 Å². The molecular formula is C25H29Cl2N3O3. The number of halogens is 2. The van der Waals surface area contributed by atoms with Gasteiger partial charge in [-0.15, -0.1) is 0 Å². The highest BCUT2D eigenvalue weighted by Gasteiger charge is 2.39. The maximum absolute atomic E-state index is 12.7. The standard InChI is InChI=1S/C25H29Cl2N3O3/c26-21-7-6-18(14-22(21)27)24(33)28-15-23(32)30-11-8-20(16-30)29-12-9-25(17-31,10-13-29)19-4-2-1-3-5-19/h1-7,14,20,31H,8-13,15-17H2,(H,28,33). The van der Waals surface area contributed by atoms with Gasteiger partial charge in [0.25, 0.3) is 5.91 Å². The van der Waals surface area contributed by atoms with Gasteiger partial charge in [0.05, 0.1) is 23.2 Å². The molecule has 6 nitrogen and oxygen atoms in total. The first-order chi connectivity index (χ1) is 15.9. The third kappa shape index (κ3) is 5.35. The number of hydrogen-bond acceptors (Lipinski definition) is 4. The predicted octanol–water partition coefficient (Wildman–Crippen LogP) is 3.35. The Bertz CT molecular complexity index is 994. The number of aliphatic hydroxyl groups is 1. The minimum atomic E-state index is -0.352. The molecule has 2 aliphatic heterocycles. The molecule has 0 aliphatic carbocycles. The third-order valence-corrected chi connectivity index (χ3v) is 7.80. The maximum atomic E-state index is 12.7. The molecule has 2 amide bonds. The highest BCUT2D eigenvalue weighted by Crippen LogP contribution is 2.36. The number of piperidine rings is 1. The molecule has 1 atom stereocenters. The molecular weight excluding hydrogens is 461 g/mol. The van der Waals surface area contributed by atoms with Gasteiger partial charge >= 0.3 is 0 Å². The largest absolute Gasteiger partial charge is 0.395 e. The fourth-order valence-corrected chi connectivity index (χ4v) is 5.22. The Balaban J connectivity index is 1.27. The van der Waals surface area contributed by atoms with E-state index < -0.39 is 0 Å². The fraction of sp³-hybridized carbons (Fsp3) is 0.440. The van der Waals surface area contributed by atoms with Crippen molar-refractivity contribution in [3.05, 3.63) is 69.7 Å². The lowest BCUT2D eigenvalue weighted by molar-refractivity contribution is -0.129. The normalized spacial score (nSPS) is 20.6. The van der Waals surface area contributed by atoms with Crippen molar-refractivity contribution in [1.82, 2.24) is 15.1 Å². The minimum Gasteiger partial charge on any atom is -0.395 e. The summed E-state index contributed by atoms with van der Waals surface area (Å²) in [5.74, 6) is -0.438. The number of likely N-dealkylation sites (tertiary alicyclic amines) is 2. The molecule has 2 aromatic rings. The lowest BCUT2D eigenvalue weighted by Gasteiger charge is -2.43. The van der Waals surface area contributed by atoms with Gasteiger partial charge in [-0.05, 0) is 56.1 Å². The molecule has 1 unspecified atom stereocenters. The van der Waals surface area contributed by atoms with Crippen LogP contribution in [0.1, 0.15) is 35.2 Å². The van der Waals surface area contributed by atoms with Crippen LogP contribution in [0.15, 0.2) is 48.5 Å². The van der Waals surface area contributed by atoms with Crippen molar-refractivity contribution in [3.8, 4) is 0 Å². The fourth-order valence-electron chi connectivity index (χ4n) is 4.92. The van der Waals surface area contributed by atoms with Gasteiger partial charge in [0.1, 0.15) is 0 Å². The maximum Gasteiger partial charge on any atom is 0.251 e. The van der Waals surface area contributed by atoms with E-state index in [1.165, 1.54) is 11.6 Å². The minimum absolute atomic E-state index is 0.0482. The lowest BCUT2D eigenvalue weighted by atomic mass is 9.73. The zero-order chi connectivity index (χ0) is 23.4. The Labute approximate surface area is 204 Å². The van der Waals surface area contributed by atoms with Crippen molar-refractivity contribution in [2.24, 2.45) is 0 Å². The molecule has 8 heteroatoms. The number of hydrogen-bond donors (Lipinski definition) is 2. The van der Waals surface area contributed by atoms with Crippen LogP contribution in [0.5, 0.6) is 0 Å². The predicted molar refractivity (Wildman–Crippen MR) is 130 cm³/mol. The molecule has 2 aliphatic rings. The summed E-state index contributed by atoms with van der Waals surface area (Å²) in [7, 11) is 0. The second kappa shape index (κ2) is 10.4. The number of benzene rings is 2. The molecule has 2 aromatic carbocycles. The summed E-state index contributed by atoms with van der Waals surface area (Å²) in [6, 6.07) is 15.2. The first-order valence-electron chi connectivity index (χ1n) is 11.3. The van der Waals surface area contributed by atoms with E-state index >= 15 is 0 Å². The van der Waals surface area contributed by atoms with Crippen molar-refractivity contribution >= 4 is 35.0 Å². The Kier molecular flexibility index (Phi) is 7.59. The first kappa shape index (κ1) is 24.0. The van der Waals surface area contributed by atoms with Crippen LogP contribution in [0.4, 0.5) is 0 Å². The lowest BCUT2D eigenvalue weighted by Crippen LogP contribution is -2.49. The zero-order valence-electron chi connectivity index (χ0n) is 18.5. The third-order valence-electron chi connectivity index (χ3n) is 7.06. The summed E-state index contributed by atoms with van der Waals surface area (Å²) in [6.45, 7) is 3.25. The van der Waals surface area contributed by atoms with E-state index in [1.807, 2.05) is 23.1 Å². The van der Waals surface area contributed by atoms with Crippen LogP contribution in [-0.4, -0.2) is 72.1 Å². The van der Waals surface area contributed by atoms with E-state index in [4.69, 9.17) is 23.2 Å². The number of amides is 2. The van der Waals surface area contributed by atoms with Crippen LogP contribution in [0.25, 0.3) is 0 Å². The van der Waals surface area contributed by atoms with Gasteiger partial charge in [-0.3, -0.25) is 14.5 Å². The topological polar surface area (TPSA) is 72.9 Å². The summed E-state index contributed by atoms with van der Waals surface area (Å²) in [6.07, 6.45) is 2.72. The molecule has 0 bridgehead atoms. The van der Waals surface area contributed by atoms with Crippen molar-refractivity contribution in [2.45, 2.75) is 30.7 Å². The Hall–Kier alpha value is -2.12. The SMILES string of the molecule is O=C(NCC(=O)N1CCC(N2CCC(CO)(c3ccccc3)CC2)C1)c1ccc(Cl)c(Cl)c1. The first-order valence-corrected chi connectivity index (χ1v) is 12.1. The smallest absolute Gasteiger partial charge is 0.251 e. The van der Waals surface area contributed by atoms with Crippen molar-refractivity contribution in [2.75, 3.05) is 39.3 Å². The monoisotopic (exact) mass is 489 g/mol. The molecule has 0 saturated carbocycles. The number of carbonyl (C=O) groups is 2. The average molecular weight is 490 g/mol. The molecule has 33 heavy (non-hydrogen) atoms. The number of rotatable bonds is 6. The summed E-state index contributed by atoms with van der Waals surface area (Å²) < 4.78 is 0. The van der Waals surface area contributed by atoms with Gasteiger partial charge in [-0.1, -0.05) is 53.5 Å². The number of nitrogens with zero attached hydrogens (tertiary/aromatic N) is 2. The van der Waals surface area contributed by atoms with Gasteiger partial charge in [0.15, 0.2) is 0 Å². The Morgan fingerprint density at radius 1 is 1.03 bits per heavy atom. The average Bonchev–Trinajstić information content (AvgIpc) is 3.35. The van der Waals surface area contributed by atoms with Crippen LogP contribution in [0, 0.1) is 0 Å². The van der Waals surface area contributed by atoms with E-state index in [-0.39, 0.29) is 30.4 Å². The van der Waals surface area contributed by atoms with Gasteiger partial charge in [0.2, 0.25) is 5.91 Å². The molecule has 2 heterocycles. The second-order valence-corrected chi connectivity index (χ2v) is 9.75. The molecule has 2 N–H and O–H groups in total. The number of carbonyl (C=O) groups excluding carboxylic acids is 2. The van der Waals surface area contributed by atoms with E-state index in [0.29, 0.717) is 34.7 Å². The van der Waals surface area contributed by atoms with Crippen LogP contribution in [0.3, 0.4) is 0 Å². The van der Waals surface area contributed by atoms with E-state index in [0.717, 1.165) is 32.4 Å². The summed E-state index contributed by atoms with van der Waals surface area (Å²) in [5.41, 5.74) is 1.39. The van der Waals surface area contributed by atoms with Crippen LogP contribution < -0.4 is 5.32 Å². The van der Waals surface area contributed by atoms with Crippen molar-refractivity contribution < 1.29 is 14.7 Å². The van der Waals surface area contributed by atoms with E-state index in [1.54, 1.807) is 12.1 Å². The van der Waals surface area contributed by atoms with E-state index in [2.05, 4.69) is 22.3 Å². The van der Waals surface area contributed by atoms with Gasteiger partial charge in [0, 0.05) is 30.1 Å². The summed E-state index contributed by atoms with van der Waals surface area (Å²) in [4.78, 5) is 29.3. The number of aliphatic hydroxyl groups excluding tert-OH is 1. The van der Waals surface area contributed by atoms with Crippen molar-refractivity contribution in [3.63, 3.8) is 0 Å². The van der Waals surface area contributed by atoms with Gasteiger partial charge in [-0.25, -0.2) is 0 Å². The zero-order valence-corrected chi connectivity index (χ0v) is 20.0. The Morgan fingerprint density at radius 3 is 2.42 bits per heavy atom. The molecule has 2 fully saturated rings. The molecule has 0 radical (unpaired) electrons. The molecule has 4 rings (SSSR count). The van der Waals surface area contributed by atoms with E-state index in [9.17, 15) is 14.7 Å². The number of nitrogens with one attached hydrogen (secondary N) is 1. The summed E-state index contributed by atoms with van der Waals surface area (Å²) >= 11 is 11.9. The van der Waals surface area contributed by atoms with Crippen LogP contribution in [-0.2, 0) is 10.2 Å². The molecule has 0 spiro atoms. The van der Waals surface area contributed by atoms with Gasteiger partial charge in [-0.2, -0.15) is 0 Å². The highest BCUT2D eigenvalue weighted by atomic mass is 35.5. The quantitative estimate of drug-likeness (QED) is 0.652. The van der Waals surface area contributed by atoms with Gasteiger partial charge < -0.3 is 15.3 Å². The highest BCUT2D eigenvalue weighted by molar-refractivity contribution is 6.42. The molecule has 2 saturated heterocycles.